The molecule has 0 unspecified atom stereocenters. The second-order valence-electron chi connectivity index (χ2n) is 5.18. The third kappa shape index (κ3) is 2.80. The first-order valence-electron chi connectivity index (χ1n) is 6.86. The Labute approximate surface area is 131 Å². The van der Waals surface area contributed by atoms with Crippen LogP contribution in [0.2, 0.25) is 5.02 Å². The standard InChI is InChI=1S/C16H14ClN3O2/c1-10(21)8-14-13(9-11-2-4-12(17)5-3-11)16(22)20-15(19-14)6-7-18-20/h2-7,18H,8-9H2,1H3. The molecule has 0 aliphatic heterocycles. The summed E-state index contributed by atoms with van der Waals surface area (Å²) in [4.78, 5) is 28.5. The van der Waals surface area contributed by atoms with E-state index in [1.165, 1.54) is 11.4 Å². The van der Waals surface area contributed by atoms with Crippen molar-refractivity contribution in [2.75, 3.05) is 0 Å². The highest BCUT2D eigenvalue weighted by atomic mass is 35.5. The minimum absolute atomic E-state index is 0.0239. The van der Waals surface area contributed by atoms with E-state index < -0.39 is 0 Å². The molecule has 0 atom stereocenters. The predicted octanol–water partition coefficient (Wildman–Crippen LogP) is 2.40. The number of fused-ring (bicyclic) bond motifs is 1. The highest BCUT2D eigenvalue weighted by Gasteiger charge is 2.15. The van der Waals surface area contributed by atoms with Gasteiger partial charge in [-0.2, -0.15) is 0 Å². The van der Waals surface area contributed by atoms with Crippen molar-refractivity contribution in [1.82, 2.24) is 14.6 Å². The minimum Gasteiger partial charge on any atom is -0.300 e. The maximum atomic E-state index is 12.6. The fraction of sp³-hybridized carbons (Fsp3) is 0.188. The summed E-state index contributed by atoms with van der Waals surface area (Å²) in [6.07, 6.45) is 2.21. The van der Waals surface area contributed by atoms with Gasteiger partial charge in [-0.25, -0.2) is 9.50 Å². The molecule has 0 fully saturated rings. The molecule has 112 valence electrons. The normalized spacial score (nSPS) is 11.0. The second kappa shape index (κ2) is 5.77. The lowest BCUT2D eigenvalue weighted by Crippen LogP contribution is -2.24. The second-order valence-corrected chi connectivity index (χ2v) is 5.62. The van der Waals surface area contributed by atoms with Crippen LogP contribution in [0, 0.1) is 0 Å². The number of Topliss-reactive ketones (excluding diaryl/α,β-unsaturated/α-hetero) is 1. The SMILES string of the molecule is CC(=O)Cc1nc2cc[nH]n2c(=O)c1Cc1ccc(Cl)cc1. The van der Waals surface area contributed by atoms with Gasteiger partial charge in [-0.1, -0.05) is 23.7 Å². The average molecular weight is 316 g/mol. The van der Waals surface area contributed by atoms with Crippen LogP contribution < -0.4 is 5.56 Å². The van der Waals surface area contributed by atoms with Gasteiger partial charge >= 0.3 is 0 Å². The van der Waals surface area contributed by atoms with E-state index >= 15 is 0 Å². The molecular weight excluding hydrogens is 302 g/mol. The van der Waals surface area contributed by atoms with Gasteiger partial charge in [0.15, 0.2) is 5.65 Å². The Kier molecular flexibility index (Phi) is 3.81. The molecule has 0 aliphatic carbocycles. The minimum atomic E-state index is -0.179. The molecule has 0 aliphatic rings. The first-order valence-corrected chi connectivity index (χ1v) is 7.24. The van der Waals surface area contributed by atoms with Crippen LogP contribution >= 0.6 is 11.6 Å². The molecule has 0 radical (unpaired) electrons. The van der Waals surface area contributed by atoms with E-state index in [4.69, 9.17) is 11.6 Å². The predicted molar refractivity (Wildman–Crippen MR) is 84.5 cm³/mol. The lowest BCUT2D eigenvalue weighted by Gasteiger charge is -2.08. The van der Waals surface area contributed by atoms with Crippen molar-refractivity contribution in [3.8, 4) is 0 Å². The van der Waals surface area contributed by atoms with Crippen LogP contribution in [0.4, 0.5) is 0 Å². The first kappa shape index (κ1) is 14.5. The average Bonchev–Trinajstić information content (AvgIpc) is 2.93. The Bertz CT molecular complexity index is 894. The third-order valence-electron chi connectivity index (χ3n) is 3.43. The molecule has 0 spiro atoms. The number of hydrogen-bond acceptors (Lipinski definition) is 3. The Morgan fingerprint density at radius 2 is 2.00 bits per heavy atom. The number of carbonyl (C=O) groups excluding carboxylic acids is 1. The van der Waals surface area contributed by atoms with Crippen LogP contribution in [-0.2, 0) is 17.6 Å². The number of halogens is 1. The molecule has 22 heavy (non-hydrogen) atoms. The van der Waals surface area contributed by atoms with Crippen LogP contribution in [0.15, 0.2) is 41.3 Å². The van der Waals surface area contributed by atoms with Crippen LogP contribution in [0.5, 0.6) is 0 Å². The van der Waals surface area contributed by atoms with Crippen LogP contribution in [0.25, 0.3) is 5.65 Å². The topological polar surface area (TPSA) is 67.2 Å². The highest BCUT2D eigenvalue weighted by Crippen LogP contribution is 2.15. The van der Waals surface area contributed by atoms with Crippen molar-refractivity contribution < 1.29 is 4.79 Å². The zero-order valence-corrected chi connectivity index (χ0v) is 12.7. The summed E-state index contributed by atoms with van der Waals surface area (Å²) in [7, 11) is 0. The van der Waals surface area contributed by atoms with E-state index in [-0.39, 0.29) is 17.8 Å². The zero-order chi connectivity index (χ0) is 15.7. The van der Waals surface area contributed by atoms with Crippen molar-refractivity contribution in [2.45, 2.75) is 19.8 Å². The Balaban J connectivity index is 2.12. The van der Waals surface area contributed by atoms with E-state index in [2.05, 4.69) is 10.1 Å². The molecule has 1 aromatic carbocycles. The van der Waals surface area contributed by atoms with Crippen molar-refractivity contribution in [2.24, 2.45) is 0 Å². The smallest absolute Gasteiger partial charge is 0.276 e. The summed E-state index contributed by atoms with van der Waals surface area (Å²) in [6.45, 7) is 1.49. The number of nitrogens with zero attached hydrogens (tertiary/aromatic N) is 2. The van der Waals surface area contributed by atoms with Gasteiger partial charge in [-0.05, 0) is 24.6 Å². The maximum Gasteiger partial charge on any atom is 0.276 e. The summed E-state index contributed by atoms with van der Waals surface area (Å²) in [5.74, 6) is -0.0239. The lowest BCUT2D eigenvalue weighted by molar-refractivity contribution is -0.116. The fourth-order valence-corrected chi connectivity index (χ4v) is 2.53. The van der Waals surface area contributed by atoms with Gasteiger partial charge in [0.05, 0.1) is 5.69 Å². The van der Waals surface area contributed by atoms with Gasteiger partial charge in [0, 0.05) is 35.7 Å². The number of rotatable bonds is 4. The Morgan fingerprint density at radius 1 is 1.27 bits per heavy atom. The molecular formula is C16H14ClN3O2. The molecule has 0 amide bonds. The number of aromatic amines is 1. The molecule has 2 heterocycles. The molecule has 3 aromatic rings. The van der Waals surface area contributed by atoms with Crippen LogP contribution in [0.1, 0.15) is 23.7 Å². The number of ketones is 1. The maximum absolute atomic E-state index is 12.6. The van der Waals surface area contributed by atoms with Crippen molar-refractivity contribution in [1.29, 1.82) is 0 Å². The highest BCUT2D eigenvalue weighted by molar-refractivity contribution is 6.30. The van der Waals surface area contributed by atoms with E-state index in [0.717, 1.165) is 5.56 Å². The first-order chi connectivity index (χ1) is 10.5. The molecule has 5 nitrogen and oxygen atoms in total. The molecule has 0 bridgehead atoms. The Hall–Kier alpha value is -2.40. The summed E-state index contributed by atoms with van der Waals surface area (Å²) >= 11 is 5.88. The zero-order valence-electron chi connectivity index (χ0n) is 12.0. The summed E-state index contributed by atoms with van der Waals surface area (Å²) in [5, 5.41) is 3.48. The van der Waals surface area contributed by atoms with E-state index in [0.29, 0.717) is 28.3 Å². The molecule has 6 heteroatoms. The van der Waals surface area contributed by atoms with E-state index in [9.17, 15) is 9.59 Å². The number of benzene rings is 1. The molecule has 0 saturated heterocycles. The largest absolute Gasteiger partial charge is 0.300 e. The van der Waals surface area contributed by atoms with Crippen molar-refractivity contribution >= 4 is 23.0 Å². The Morgan fingerprint density at radius 3 is 2.68 bits per heavy atom. The number of nitrogens with one attached hydrogen (secondary N) is 1. The van der Waals surface area contributed by atoms with Gasteiger partial charge in [0.1, 0.15) is 5.78 Å². The van der Waals surface area contributed by atoms with Crippen LogP contribution in [0.3, 0.4) is 0 Å². The third-order valence-corrected chi connectivity index (χ3v) is 3.69. The lowest BCUT2D eigenvalue weighted by atomic mass is 10.0. The van der Waals surface area contributed by atoms with E-state index in [1.54, 1.807) is 24.4 Å². The summed E-state index contributed by atoms with van der Waals surface area (Å²) in [6, 6.07) is 8.99. The summed E-state index contributed by atoms with van der Waals surface area (Å²) in [5.41, 5.74) is 2.34. The monoisotopic (exact) mass is 315 g/mol. The van der Waals surface area contributed by atoms with Gasteiger partial charge in [0.25, 0.3) is 5.56 Å². The fourth-order valence-electron chi connectivity index (χ4n) is 2.41. The van der Waals surface area contributed by atoms with Crippen molar-refractivity contribution in [3.63, 3.8) is 0 Å². The quantitative estimate of drug-likeness (QED) is 0.804. The molecule has 0 saturated carbocycles. The van der Waals surface area contributed by atoms with Gasteiger partial charge in [-0.15, -0.1) is 0 Å². The number of hydrogen-bond donors (Lipinski definition) is 1. The molecule has 1 N–H and O–H groups in total. The van der Waals surface area contributed by atoms with Gasteiger partial charge in [-0.3, -0.25) is 14.7 Å². The number of carbonyl (C=O) groups is 1. The van der Waals surface area contributed by atoms with Crippen molar-refractivity contribution in [3.05, 3.63) is 68.7 Å². The number of aromatic nitrogens is 3. The molecule has 2 aromatic heterocycles. The van der Waals surface area contributed by atoms with Gasteiger partial charge in [0.2, 0.25) is 0 Å². The summed E-state index contributed by atoms with van der Waals surface area (Å²) < 4.78 is 1.38. The molecule has 3 rings (SSSR count). The van der Waals surface area contributed by atoms with E-state index in [1.807, 2.05) is 12.1 Å². The van der Waals surface area contributed by atoms with Crippen LogP contribution in [-0.4, -0.2) is 20.4 Å². The van der Waals surface area contributed by atoms with Gasteiger partial charge < -0.3 is 0 Å². The number of H-pyrrole nitrogens is 1.